The van der Waals surface area contributed by atoms with Gasteiger partial charge in [0.05, 0.1) is 0 Å². The van der Waals surface area contributed by atoms with E-state index in [2.05, 4.69) is 57.2 Å². The molecule has 1 unspecified atom stereocenters. The monoisotopic (exact) mass is 282 g/mol. The Morgan fingerprint density at radius 1 is 1.00 bits per heavy atom. The van der Waals surface area contributed by atoms with Gasteiger partial charge >= 0.3 is 0 Å². The smallest absolute Gasteiger partial charge is 0.121 e. The first kappa shape index (κ1) is 15.6. The Balaban J connectivity index is 2.27. The lowest BCUT2D eigenvalue weighted by Gasteiger charge is -2.33. The van der Waals surface area contributed by atoms with E-state index in [1.807, 2.05) is 19.9 Å². The zero-order valence-corrected chi connectivity index (χ0v) is 13.8. The molecule has 0 heterocycles. The SMILES string of the molecule is Cc1ccc(CC(C)(C)C(C)c2ccccc2)c(C)c1O. The third-order valence-corrected chi connectivity index (χ3v) is 4.86. The summed E-state index contributed by atoms with van der Waals surface area (Å²) in [6.07, 6.45) is 0.961. The minimum Gasteiger partial charge on any atom is -0.507 e. The predicted molar refractivity (Wildman–Crippen MR) is 89.9 cm³/mol. The van der Waals surface area contributed by atoms with Crippen LogP contribution in [0.25, 0.3) is 0 Å². The molecule has 0 radical (unpaired) electrons. The Morgan fingerprint density at radius 2 is 1.62 bits per heavy atom. The zero-order valence-electron chi connectivity index (χ0n) is 13.8. The molecule has 0 aliphatic carbocycles. The van der Waals surface area contributed by atoms with Crippen LogP contribution in [0, 0.1) is 19.3 Å². The summed E-state index contributed by atoms with van der Waals surface area (Å²) in [6.45, 7) is 10.9. The van der Waals surface area contributed by atoms with E-state index in [0.29, 0.717) is 11.7 Å². The number of hydrogen-bond donors (Lipinski definition) is 1. The van der Waals surface area contributed by atoms with Gasteiger partial charge in [-0.3, -0.25) is 0 Å². The van der Waals surface area contributed by atoms with E-state index in [0.717, 1.165) is 17.5 Å². The number of phenolic OH excluding ortho intramolecular Hbond substituents is 1. The molecule has 2 aromatic carbocycles. The Kier molecular flexibility index (Phi) is 4.41. The number of phenols is 1. The van der Waals surface area contributed by atoms with E-state index >= 15 is 0 Å². The first-order valence-corrected chi connectivity index (χ1v) is 7.66. The topological polar surface area (TPSA) is 20.2 Å². The van der Waals surface area contributed by atoms with Crippen LogP contribution in [0.2, 0.25) is 0 Å². The molecule has 21 heavy (non-hydrogen) atoms. The molecule has 0 bridgehead atoms. The van der Waals surface area contributed by atoms with Crippen LogP contribution in [-0.2, 0) is 6.42 Å². The third-order valence-electron chi connectivity index (χ3n) is 4.86. The van der Waals surface area contributed by atoms with Gasteiger partial charge < -0.3 is 5.11 Å². The Morgan fingerprint density at radius 3 is 2.24 bits per heavy atom. The van der Waals surface area contributed by atoms with Crippen molar-refractivity contribution in [1.29, 1.82) is 0 Å². The maximum atomic E-state index is 10.1. The van der Waals surface area contributed by atoms with Crippen LogP contribution in [0.4, 0.5) is 0 Å². The molecule has 0 aliphatic heterocycles. The zero-order chi connectivity index (χ0) is 15.6. The summed E-state index contributed by atoms with van der Waals surface area (Å²) in [6, 6.07) is 14.8. The highest BCUT2D eigenvalue weighted by molar-refractivity contribution is 5.44. The van der Waals surface area contributed by atoms with Gasteiger partial charge in [-0.05, 0) is 53.9 Å². The van der Waals surface area contributed by atoms with Crippen molar-refractivity contribution in [3.63, 3.8) is 0 Å². The van der Waals surface area contributed by atoms with Gasteiger partial charge in [-0.25, -0.2) is 0 Å². The first-order valence-electron chi connectivity index (χ1n) is 7.66. The Hall–Kier alpha value is -1.76. The van der Waals surface area contributed by atoms with Gasteiger partial charge in [0.25, 0.3) is 0 Å². The normalized spacial score (nSPS) is 13.2. The molecule has 0 saturated heterocycles. The minimum absolute atomic E-state index is 0.133. The van der Waals surface area contributed by atoms with Crippen molar-refractivity contribution in [3.8, 4) is 5.75 Å². The fourth-order valence-electron chi connectivity index (χ4n) is 2.91. The maximum Gasteiger partial charge on any atom is 0.121 e. The fraction of sp³-hybridized carbons (Fsp3) is 0.400. The first-order chi connectivity index (χ1) is 9.83. The van der Waals surface area contributed by atoms with Gasteiger partial charge in [0.2, 0.25) is 0 Å². The maximum absolute atomic E-state index is 10.1. The van der Waals surface area contributed by atoms with Gasteiger partial charge in [-0.1, -0.05) is 63.2 Å². The predicted octanol–water partition coefficient (Wildman–Crippen LogP) is 5.38. The average molecular weight is 282 g/mol. The van der Waals surface area contributed by atoms with Gasteiger partial charge in [0.1, 0.15) is 5.75 Å². The summed E-state index contributed by atoms with van der Waals surface area (Å²) in [7, 11) is 0. The molecule has 0 spiro atoms. The van der Waals surface area contributed by atoms with E-state index in [4.69, 9.17) is 0 Å². The standard InChI is InChI=1S/C20H26O/c1-14-11-12-18(15(2)19(14)21)13-20(4,5)16(3)17-9-7-6-8-10-17/h6-12,16,21H,13H2,1-5H3. The molecule has 1 N–H and O–H groups in total. The molecule has 0 aliphatic rings. The van der Waals surface area contributed by atoms with Crippen molar-refractivity contribution in [2.75, 3.05) is 0 Å². The highest BCUT2D eigenvalue weighted by Crippen LogP contribution is 2.39. The number of aryl methyl sites for hydroxylation is 1. The van der Waals surface area contributed by atoms with Crippen LogP contribution in [0.5, 0.6) is 5.75 Å². The van der Waals surface area contributed by atoms with E-state index in [1.54, 1.807) is 0 Å². The van der Waals surface area contributed by atoms with Crippen LogP contribution < -0.4 is 0 Å². The number of hydrogen-bond acceptors (Lipinski definition) is 1. The summed E-state index contributed by atoms with van der Waals surface area (Å²) < 4.78 is 0. The van der Waals surface area contributed by atoms with Crippen LogP contribution in [-0.4, -0.2) is 5.11 Å². The molecule has 0 saturated carbocycles. The quantitative estimate of drug-likeness (QED) is 0.798. The van der Waals surface area contributed by atoms with E-state index in [-0.39, 0.29) is 5.41 Å². The molecule has 1 atom stereocenters. The van der Waals surface area contributed by atoms with Crippen molar-refractivity contribution in [3.05, 3.63) is 64.7 Å². The molecule has 0 aromatic heterocycles. The summed E-state index contributed by atoms with van der Waals surface area (Å²) in [4.78, 5) is 0. The van der Waals surface area contributed by atoms with Crippen LogP contribution in [0.15, 0.2) is 42.5 Å². The lowest BCUT2D eigenvalue weighted by atomic mass is 9.71. The molecule has 2 aromatic rings. The molecular weight excluding hydrogens is 256 g/mol. The van der Waals surface area contributed by atoms with Crippen LogP contribution in [0.1, 0.15) is 48.9 Å². The second-order valence-electron chi connectivity index (χ2n) is 6.81. The van der Waals surface area contributed by atoms with E-state index in [9.17, 15) is 5.11 Å². The van der Waals surface area contributed by atoms with Gasteiger partial charge in [0, 0.05) is 0 Å². The lowest BCUT2D eigenvalue weighted by molar-refractivity contribution is 0.297. The highest BCUT2D eigenvalue weighted by Gasteiger charge is 2.28. The number of aromatic hydroxyl groups is 1. The van der Waals surface area contributed by atoms with Crippen molar-refractivity contribution < 1.29 is 5.11 Å². The van der Waals surface area contributed by atoms with Crippen molar-refractivity contribution >= 4 is 0 Å². The fourth-order valence-corrected chi connectivity index (χ4v) is 2.91. The second kappa shape index (κ2) is 5.93. The van der Waals surface area contributed by atoms with E-state index in [1.165, 1.54) is 11.1 Å². The molecule has 2 rings (SSSR count). The summed E-state index contributed by atoms with van der Waals surface area (Å²) in [5.74, 6) is 0.900. The van der Waals surface area contributed by atoms with Crippen molar-refractivity contribution in [2.24, 2.45) is 5.41 Å². The summed E-state index contributed by atoms with van der Waals surface area (Å²) in [5, 5.41) is 10.1. The third kappa shape index (κ3) is 3.29. The van der Waals surface area contributed by atoms with Gasteiger partial charge in [-0.2, -0.15) is 0 Å². The molecule has 0 amide bonds. The average Bonchev–Trinajstić information content (AvgIpc) is 2.48. The number of rotatable bonds is 4. The molecular formula is C20H26O. The van der Waals surface area contributed by atoms with Crippen molar-refractivity contribution in [1.82, 2.24) is 0 Å². The Bertz CT molecular complexity index is 611. The molecule has 1 heteroatoms. The second-order valence-corrected chi connectivity index (χ2v) is 6.81. The van der Waals surface area contributed by atoms with Crippen molar-refractivity contribution in [2.45, 2.75) is 47.0 Å². The summed E-state index contributed by atoms with van der Waals surface area (Å²) >= 11 is 0. The molecule has 0 fully saturated rings. The number of benzene rings is 2. The van der Waals surface area contributed by atoms with Crippen LogP contribution in [0.3, 0.4) is 0 Å². The molecule has 1 nitrogen and oxygen atoms in total. The largest absolute Gasteiger partial charge is 0.507 e. The molecule has 112 valence electrons. The highest BCUT2D eigenvalue weighted by atomic mass is 16.3. The van der Waals surface area contributed by atoms with E-state index < -0.39 is 0 Å². The van der Waals surface area contributed by atoms with Gasteiger partial charge in [0.15, 0.2) is 0 Å². The minimum atomic E-state index is 0.133. The Labute approximate surface area is 128 Å². The lowest BCUT2D eigenvalue weighted by Crippen LogP contribution is -2.23. The summed E-state index contributed by atoms with van der Waals surface area (Å²) in [5.41, 5.74) is 4.71. The van der Waals surface area contributed by atoms with Gasteiger partial charge in [-0.15, -0.1) is 0 Å². The van der Waals surface area contributed by atoms with Crippen LogP contribution >= 0.6 is 0 Å².